The first kappa shape index (κ1) is 19.0. The van der Waals surface area contributed by atoms with Gasteiger partial charge in [0, 0.05) is 13.1 Å². The van der Waals surface area contributed by atoms with Crippen molar-refractivity contribution in [1.82, 2.24) is 4.98 Å². The molecule has 3 aromatic rings. The lowest BCUT2D eigenvalue weighted by Crippen LogP contribution is -2.37. The summed E-state index contributed by atoms with van der Waals surface area (Å²) in [5.41, 5.74) is 2.79. The van der Waals surface area contributed by atoms with Gasteiger partial charge in [0.1, 0.15) is 12.1 Å². The van der Waals surface area contributed by atoms with Crippen LogP contribution in [0, 0.1) is 5.92 Å². The van der Waals surface area contributed by atoms with Crippen LogP contribution in [0.15, 0.2) is 52.9 Å². The highest BCUT2D eigenvalue weighted by Gasteiger charge is 2.28. The number of rotatable bonds is 5. The number of piperidine rings is 1. The van der Waals surface area contributed by atoms with Gasteiger partial charge in [0.05, 0.1) is 18.6 Å². The second-order valence-electron chi connectivity index (χ2n) is 7.03. The number of benzene rings is 2. The third-order valence-electron chi connectivity index (χ3n) is 5.11. The average Bonchev–Trinajstić information content (AvgIpc) is 3.21. The molecule has 1 aliphatic heterocycles. The zero-order chi connectivity index (χ0) is 20.2. The third-order valence-corrected chi connectivity index (χ3v) is 5.11. The van der Waals surface area contributed by atoms with Gasteiger partial charge in [0.2, 0.25) is 0 Å². The van der Waals surface area contributed by atoms with Crippen molar-refractivity contribution >= 4 is 29.1 Å². The minimum Gasteiger partial charge on any atom is -0.465 e. The number of oxazole rings is 1. The molecular weight excluding hydrogens is 372 g/mol. The van der Waals surface area contributed by atoms with E-state index in [1.54, 1.807) is 18.2 Å². The Hall–Kier alpha value is -3.35. The first-order chi connectivity index (χ1) is 14.1. The number of hydrogen-bond donors (Lipinski definition) is 0. The lowest BCUT2D eigenvalue weighted by molar-refractivity contribution is -0.150. The summed E-state index contributed by atoms with van der Waals surface area (Å²) in [5.74, 6) is -0.783. The van der Waals surface area contributed by atoms with Gasteiger partial charge in [-0.15, -0.1) is 0 Å². The fourth-order valence-corrected chi connectivity index (χ4v) is 3.48. The van der Waals surface area contributed by atoms with E-state index in [4.69, 9.17) is 13.9 Å². The highest BCUT2D eigenvalue weighted by molar-refractivity contribution is 5.89. The Labute approximate surface area is 168 Å². The van der Waals surface area contributed by atoms with Crippen LogP contribution >= 0.6 is 0 Å². The summed E-state index contributed by atoms with van der Waals surface area (Å²) in [7, 11) is 1.34. The van der Waals surface area contributed by atoms with Crippen LogP contribution in [0.1, 0.15) is 28.8 Å². The van der Waals surface area contributed by atoms with Crippen LogP contribution in [-0.4, -0.2) is 37.1 Å². The molecule has 2 heterocycles. The van der Waals surface area contributed by atoms with Gasteiger partial charge in [0.15, 0.2) is 5.58 Å². The molecule has 1 aromatic heterocycles. The highest BCUT2D eigenvalue weighted by Crippen LogP contribution is 2.27. The van der Waals surface area contributed by atoms with Crippen molar-refractivity contribution in [3.05, 3.63) is 59.7 Å². The maximum atomic E-state index is 12.5. The number of esters is 2. The Morgan fingerprint density at radius 2 is 1.93 bits per heavy atom. The molecule has 0 unspecified atom stereocenters. The van der Waals surface area contributed by atoms with Gasteiger partial charge in [-0.2, -0.15) is 4.98 Å². The first-order valence-electron chi connectivity index (χ1n) is 9.58. The number of anilines is 1. The van der Waals surface area contributed by atoms with Crippen molar-refractivity contribution in [1.29, 1.82) is 0 Å². The molecule has 1 fully saturated rings. The third kappa shape index (κ3) is 4.23. The van der Waals surface area contributed by atoms with Gasteiger partial charge in [-0.25, -0.2) is 4.79 Å². The Kier molecular flexibility index (Phi) is 5.46. The largest absolute Gasteiger partial charge is 0.465 e. The number of carbonyl (C=O) groups is 2. The summed E-state index contributed by atoms with van der Waals surface area (Å²) in [6.45, 7) is 1.50. The normalized spacial score (nSPS) is 14.7. The molecule has 1 aliphatic rings. The minimum absolute atomic E-state index is 0.134. The van der Waals surface area contributed by atoms with E-state index in [-0.39, 0.29) is 18.5 Å². The van der Waals surface area contributed by atoms with Crippen molar-refractivity contribution in [3.8, 4) is 0 Å². The van der Waals surface area contributed by atoms with Crippen LogP contribution in [0.25, 0.3) is 11.1 Å². The molecule has 150 valence electrons. The van der Waals surface area contributed by atoms with E-state index in [2.05, 4.69) is 9.88 Å². The Morgan fingerprint density at radius 3 is 2.69 bits per heavy atom. The van der Waals surface area contributed by atoms with Gasteiger partial charge in [0.25, 0.3) is 6.01 Å². The predicted molar refractivity (Wildman–Crippen MR) is 107 cm³/mol. The molecule has 0 radical (unpaired) electrons. The van der Waals surface area contributed by atoms with Gasteiger partial charge in [-0.1, -0.05) is 24.3 Å². The lowest BCUT2D eigenvalue weighted by atomic mass is 9.97. The number of fused-ring (bicyclic) bond motifs is 1. The first-order valence-corrected chi connectivity index (χ1v) is 9.58. The molecule has 0 saturated carbocycles. The summed E-state index contributed by atoms with van der Waals surface area (Å²) in [6, 6.07) is 15.2. The number of carbonyl (C=O) groups excluding carboxylic acids is 2. The van der Waals surface area contributed by atoms with Crippen molar-refractivity contribution in [2.45, 2.75) is 19.4 Å². The molecular formula is C22H22N2O5. The number of para-hydroxylation sites is 2. The topological polar surface area (TPSA) is 81.9 Å². The van der Waals surface area contributed by atoms with Gasteiger partial charge in [-0.3, -0.25) is 4.79 Å². The van der Waals surface area contributed by atoms with Crippen molar-refractivity contribution < 1.29 is 23.5 Å². The molecule has 1 saturated heterocycles. The van der Waals surface area contributed by atoms with Crippen LogP contribution in [-0.2, 0) is 20.9 Å². The Balaban J connectivity index is 1.30. The molecule has 7 heteroatoms. The van der Waals surface area contributed by atoms with E-state index in [0.717, 1.165) is 16.7 Å². The standard InChI is InChI=1S/C22H22N2O5/c1-27-20(25)17-6-4-5-15(13-17)14-28-21(26)16-9-11-24(12-10-16)22-23-18-7-2-3-8-19(18)29-22/h2-8,13,16H,9-12,14H2,1H3. The highest BCUT2D eigenvalue weighted by atomic mass is 16.5. The SMILES string of the molecule is COC(=O)c1cccc(COC(=O)C2CCN(c3nc4ccccc4o3)CC2)c1. The fourth-order valence-electron chi connectivity index (χ4n) is 3.48. The molecule has 2 aromatic carbocycles. The Bertz CT molecular complexity index is 988. The van der Waals surface area contributed by atoms with Crippen molar-refractivity contribution in [2.75, 3.05) is 25.1 Å². The number of ether oxygens (including phenoxy) is 2. The van der Waals surface area contributed by atoms with E-state index in [0.29, 0.717) is 37.5 Å². The maximum Gasteiger partial charge on any atom is 0.337 e. The number of hydrogen-bond acceptors (Lipinski definition) is 7. The molecule has 0 spiro atoms. The van der Waals surface area contributed by atoms with Crippen LogP contribution in [0.5, 0.6) is 0 Å². The second-order valence-corrected chi connectivity index (χ2v) is 7.03. The van der Waals surface area contributed by atoms with Gasteiger partial charge in [-0.05, 0) is 42.7 Å². The molecule has 0 aliphatic carbocycles. The van der Waals surface area contributed by atoms with Crippen molar-refractivity contribution in [3.63, 3.8) is 0 Å². The van der Waals surface area contributed by atoms with Gasteiger partial charge < -0.3 is 18.8 Å². The minimum atomic E-state index is -0.412. The smallest absolute Gasteiger partial charge is 0.337 e. The second kappa shape index (κ2) is 8.34. The van der Waals surface area contributed by atoms with Gasteiger partial charge >= 0.3 is 11.9 Å². The molecule has 0 N–H and O–H groups in total. The van der Waals surface area contributed by atoms with Crippen LogP contribution < -0.4 is 4.90 Å². The predicted octanol–water partition coefficient (Wildman–Crippen LogP) is 3.57. The molecule has 0 amide bonds. The summed E-state index contributed by atoms with van der Waals surface area (Å²) in [5, 5.41) is 0. The lowest BCUT2D eigenvalue weighted by Gasteiger charge is -2.29. The zero-order valence-corrected chi connectivity index (χ0v) is 16.2. The number of nitrogens with zero attached hydrogens (tertiary/aromatic N) is 2. The molecule has 29 heavy (non-hydrogen) atoms. The number of aromatic nitrogens is 1. The van der Waals surface area contributed by atoms with E-state index < -0.39 is 5.97 Å². The molecule has 4 rings (SSSR count). The van der Waals surface area contributed by atoms with Crippen LogP contribution in [0.3, 0.4) is 0 Å². The molecule has 0 atom stereocenters. The summed E-state index contributed by atoms with van der Waals surface area (Å²) >= 11 is 0. The van der Waals surface area contributed by atoms with E-state index in [9.17, 15) is 9.59 Å². The summed E-state index contributed by atoms with van der Waals surface area (Å²) < 4.78 is 16.0. The number of methoxy groups -OCH3 is 1. The maximum absolute atomic E-state index is 12.5. The van der Waals surface area contributed by atoms with E-state index in [1.807, 2.05) is 30.3 Å². The van der Waals surface area contributed by atoms with Crippen molar-refractivity contribution in [2.24, 2.45) is 5.92 Å². The molecule has 0 bridgehead atoms. The van der Waals surface area contributed by atoms with E-state index in [1.165, 1.54) is 7.11 Å². The monoisotopic (exact) mass is 394 g/mol. The Morgan fingerprint density at radius 1 is 1.14 bits per heavy atom. The fraction of sp³-hybridized carbons (Fsp3) is 0.318. The quantitative estimate of drug-likeness (QED) is 0.612. The van der Waals surface area contributed by atoms with Crippen LogP contribution in [0.2, 0.25) is 0 Å². The van der Waals surface area contributed by atoms with Crippen LogP contribution in [0.4, 0.5) is 6.01 Å². The zero-order valence-electron chi connectivity index (χ0n) is 16.2. The van der Waals surface area contributed by atoms with E-state index >= 15 is 0 Å². The summed E-state index contributed by atoms with van der Waals surface area (Å²) in [4.78, 5) is 30.6. The molecule has 7 nitrogen and oxygen atoms in total. The summed E-state index contributed by atoms with van der Waals surface area (Å²) in [6.07, 6.45) is 1.36. The average molecular weight is 394 g/mol.